The lowest BCUT2D eigenvalue weighted by Crippen LogP contribution is -2.35. The van der Waals surface area contributed by atoms with Crippen molar-refractivity contribution in [1.29, 1.82) is 0 Å². The number of esters is 1. The number of carbonyl (C=O) groups is 3. The molecule has 6 nitrogen and oxygen atoms in total. The second-order valence-electron chi connectivity index (χ2n) is 5.63. The minimum absolute atomic E-state index is 0.154. The molecule has 2 rings (SSSR count). The van der Waals surface area contributed by atoms with Crippen molar-refractivity contribution in [2.24, 2.45) is 0 Å². The highest BCUT2D eigenvalue weighted by Gasteiger charge is 2.17. The number of likely N-dealkylation sites (tertiary alicyclic amines) is 1. The average molecular weight is 318 g/mol. The Balaban J connectivity index is 1.88. The Morgan fingerprint density at radius 1 is 1.13 bits per heavy atom. The van der Waals surface area contributed by atoms with Gasteiger partial charge in [0.2, 0.25) is 5.91 Å². The first-order valence-corrected chi connectivity index (χ1v) is 7.89. The second-order valence-corrected chi connectivity index (χ2v) is 5.63. The molecule has 0 bridgehead atoms. The van der Waals surface area contributed by atoms with E-state index < -0.39 is 5.97 Å². The topological polar surface area (TPSA) is 75.7 Å². The summed E-state index contributed by atoms with van der Waals surface area (Å²) in [5, 5.41) is 2.60. The fourth-order valence-corrected chi connectivity index (χ4v) is 2.55. The number of amides is 2. The summed E-state index contributed by atoms with van der Waals surface area (Å²) >= 11 is 0. The minimum Gasteiger partial charge on any atom is -0.452 e. The molecule has 1 aliphatic rings. The van der Waals surface area contributed by atoms with E-state index >= 15 is 0 Å². The van der Waals surface area contributed by atoms with Crippen LogP contribution in [0, 0.1) is 0 Å². The lowest BCUT2D eigenvalue weighted by molar-refractivity contribution is -0.134. The largest absolute Gasteiger partial charge is 0.452 e. The van der Waals surface area contributed by atoms with Crippen molar-refractivity contribution in [2.45, 2.75) is 32.6 Å². The van der Waals surface area contributed by atoms with E-state index in [4.69, 9.17) is 4.74 Å². The van der Waals surface area contributed by atoms with E-state index in [0.717, 1.165) is 38.8 Å². The first kappa shape index (κ1) is 17.0. The maximum absolute atomic E-state index is 12.1. The van der Waals surface area contributed by atoms with Gasteiger partial charge in [0.1, 0.15) is 0 Å². The molecular formula is C17H22N2O4. The Kier molecular flexibility index (Phi) is 6.14. The molecule has 124 valence electrons. The Morgan fingerprint density at radius 3 is 2.48 bits per heavy atom. The highest BCUT2D eigenvalue weighted by molar-refractivity contribution is 5.94. The molecule has 1 aliphatic heterocycles. The van der Waals surface area contributed by atoms with Crippen LogP contribution in [-0.4, -0.2) is 42.4 Å². The highest BCUT2D eigenvalue weighted by Crippen LogP contribution is 2.13. The molecule has 1 heterocycles. The number of nitrogens with zero attached hydrogens (tertiary/aromatic N) is 1. The van der Waals surface area contributed by atoms with Gasteiger partial charge in [0, 0.05) is 25.7 Å². The summed E-state index contributed by atoms with van der Waals surface area (Å²) in [6, 6.07) is 6.45. The Bertz CT molecular complexity index is 578. The normalized spacial score (nSPS) is 14.7. The van der Waals surface area contributed by atoms with E-state index in [1.54, 1.807) is 23.1 Å². The predicted molar refractivity (Wildman–Crippen MR) is 86.1 cm³/mol. The summed E-state index contributed by atoms with van der Waals surface area (Å²) in [5.41, 5.74) is 0.825. The van der Waals surface area contributed by atoms with E-state index in [1.165, 1.54) is 13.0 Å². The van der Waals surface area contributed by atoms with E-state index in [2.05, 4.69) is 5.32 Å². The molecule has 0 saturated carbocycles. The molecule has 0 unspecified atom stereocenters. The minimum atomic E-state index is -0.569. The number of rotatable bonds is 4. The van der Waals surface area contributed by atoms with Crippen molar-refractivity contribution in [1.82, 2.24) is 4.90 Å². The fraction of sp³-hybridized carbons (Fsp3) is 0.471. The summed E-state index contributed by atoms with van der Waals surface area (Å²) in [7, 11) is 0. The summed E-state index contributed by atoms with van der Waals surface area (Å²) in [6.07, 6.45) is 4.27. The molecule has 23 heavy (non-hydrogen) atoms. The summed E-state index contributed by atoms with van der Waals surface area (Å²) in [5.74, 6) is -0.939. The zero-order valence-electron chi connectivity index (χ0n) is 13.3. The van der Waals surface area contributed by atoms with E-state index in [0.29, 0.717) is 11.3 Å². The van der Waals surface area contributed by atoms with Gasteiger partial charge in [-0.1, -0.05) is 18.9 Å². The number of benzene rings is 1. The zero-order chi connectivity index (χ0) is 16.7. The molecule has 1 fully saturated rings. The van der Waals surface area contributed by atoms with Crippen LogP contribution in [0.1, 0.15) is 43.0 Å². The fourth-order valence-electron chi connectivity index (χ4n) is 2.55. The summed E-state index contributed by atoms with van der Waals surface area (Å²) in [6.45, 7) is 2.61. The lowest BCUT2D eigenvalue weighted by atomic mass is 10.2. The number of nitrogens with one attached hydrogen (secondary N) is 1. The monoisotopic (exact) mass is 318 g/mol. The average Bonchev–Trinajstić information content (AvgIpc) is 2.81. The smallest absolute Gasteiger partial charge is 0.338 e. The van der Waals surface area contributed by atoms with E-state index in [-0.39, 0.29) is 18.4 Å². The summed E-state index contributed by atoms with van der Waals surface area (Å²) < 4.78 is 5.10. The van der Waals surface area contributed by atoms with Crippen LogP contribution in [-0.2, 0) is 14.3 Å². The van der Waals surface area contributed by atoms with Crippen molar-refractivity contribution in [2.75, 3.05) is 25.0 Å². The van der Waals surface area contributed by atoms with E-state index in [9.17, 15) is 14.4 Å². The standard InChI is InChI=1S/C17H22N2O4/c1-13(20)18-15-8-6-7-14(11-15)17(22)23-12-16(21)19-9-4-2-3-5-10-19/h6-8,11H,2-5,9-10,12H2,1H3,(H,18,20). The predicted octanol–water partition coefficient (Wildman–Crippen LogP) is 2.20. The van der Waals surface area contributed by atoms with Crippen LogP contribution < -0.4 is 5.32 Å². The number of hydrogen-bond acceptors (Lipinski definition) is 4. The van der Waals surface area contributed by atoms with Crippen LogP contribution >= 0.6 is 0 Å². The lowest BCUT2D eigenvalue weighted by Gasteiger charge is -2.19. The molecule has 1 saturated heterocycles. The van der Waals surface area contributed by atoms with Gasteiger partial charge in [-0.3, -0.25) is 9.59 Å². The first-order valence-electron chi connectivity index (χ1n) is 7.89. The van der Waals surface area contributed by atoms with Gasteiger partial charge in [-0.15, -0.1) is 0 Å². The first-order chi connectivity index (χ1) is 11.1. The molecular weight excluding hydrogens is 296 g/mol. The van der Waals surface area contributed by atoms with Gasteiger partial charge < -0.3 is 15.0 Å². The molecule has 2 amide bonds. The molecule has 0 radical (unpaired) electrons. The van der Waals surface area contributed by atoms with Crippen LogP contribution in [0.2, 0.25) is 0 Å². The number of carbonyl (C=O) groups excluding carboxylic acids is 3. The number of hydrogen-bond donors (Lipinski definition) is 1. The van der Waals surface area contributed by atoms with Crippen LogP contribution in [0.3, 0.4) is 0 Å². The highest BCUT2D eigenvalue weighted by atomic mass is 16.5. The molecule has 6 heteroatoms. The third kappa shape index (κ3) is 5.39. The van der Waals surface area contributed by atoms with E-state index in [1.807, 2.05) is 0 Å². The maximum Gasteiger partial charge on any atom is 0.338 e. The van der Waals surface area contributed by atoms with Gasteiger partial charge in [0.25, 0.3) is 5.91 Å². The van der Waals surface area contributed by atoms with Crippen molar-refractivity contribution >= 4 is 23.5 Å². The molecule has 1 aromatic carbocycles. The van der Waals surface area contributed by atoms with Crippen molar-refractivity contribution in [3.05, 3.63) is 29.8 Å². The Morgan fingerprint density at radius 2 is 1.83 bits per heavy atom. The quantitative estimate of drug-likeness (QED) is 0.864. The third-order valence-electron chi connectivity index (χ3n) is 3.70. The molecule has 0 spiro atoms. The van der Waals surface area contributed by atoms with Gasteiger partial charge in [-0.2, -0.15) is 0 Å². The Hall–Kier alpha value is -2.37. The van der Waals surface area contributed by atoms with Crippen molar-refractivity contribution in [3.8, 4) is 0 Å². The number of anilines is 1. The molecule has 1 N–H and O–H groups in total. The molecule has 0 aromatic heterocycles. The van der Waals surface area contributed by atoms with Crippen LogP contribution in [0.25, 0.3) is 0 Å². The molecule has 1 aromatic rings. The van der Waals surface area contributed by atoms with Crippen LogP contribution in [0.4, 0.5) is 5.69 Å². The Labute approximate surface area is 135 Å². The SMILES string of the molecule is CC(=O)Nc1cccc(C(=O)OCC(=O)N2CCCCCC2)c1. The second kappa shape index (κ2) is 8.31. The van der Waals surface area contributed by atoms with Gasteiger partial charge >= 0.3 is 5.97 Å². The molecule has 0 atom stereocenters. The van der Waals surface area contributed by atoms with Crippen molar-refractivity contribution in [3.63, 3.8) is 0 Å². The zero-order valence-corrected chi connectivity index (χ0v) is 13.3. The van der Waals surface area contributed by atoms with Gasteiger partial charge in [-0.25, -0.2) is 4.79 Å². The molecule has 0 aliphatic carbocycles. The van der Waals surface area contributed by atoms with Gasteiger partial charge in [0.05, 0.1) is 5.56 Å². The number of ether oxygens (including phenoxy) is 1. The summed E-state index contributed by atoms with van der Waals surface area (Å²) in [4.78, 5) is 36.9. The van der Waals surface area contributed by atoms with Crippen molar-refractivity contribution < 1.29 is 19.1 Å². The van der Waals surface area contributed by atoms with Crippen LogP contribution in [0.15, 0.2) is 24.3 Å². The van der Waals surface area contributed by atoms with Crippen LogP contribution in [0.5, 0.6) is 0 Å². The maximum atomic E-state index is 12.1. The van der Waals surface area contributed by atoms with Gasteiger partial charge in [-0.05, 0) is 31.0 Å². The third-order valence-corrected chi connectivity index (χ3v) is 3.70. The van der Waals surface area contributed by atoms with Gasteiger partial charge in [0.15, 0.2) is 6.61 Å².